The second kappa shape index (κ2) is 8.60. The number of nitrogens with one attached hydrogen (secondary N) is 1. The molecule has 8 heteroatoms. The van der Waals surface area contributed by atoms with Gasteiger partial charge in [-0.1, -0.05) is 23.2 Å². The van der Waals surface area contributed by atoms with Gasteiger partial charge in [0.1, 0.15) is 0 Å². The minimum atomic E-state index is -0.473. The number of benzene rings is 2. The lowest BCUT2D eigenvalue weighted by atomic mass is 10.2. The van der Waals surface area contributed by atoms with E-state index in [0.717, 1.165) is 0 Å². The Morgan fingerprint density at radius 3 is 2.24 bits per heavy atom. The number of carbonyl (C=O) groups excluding carboxylic acids is 1. The van der Waals surface area contributed by atoms with Crippen molar-refractivity contribution in [1.29, 1.82) is 0 Å². The van der Waals surface area contributed by atoms with Crippen molar-refractivity contribution in [2.45, 2.75) is 6.92 Å². The molecule has 0 aliphatic rings. The van der Waals surface area contributed by atoms with E-state index in [1.807, 2.05) is 0 Å². The van der Waals surface area contributed by atoms with E-state index in [4.69, 9.17) is 37.4 Å². The number of hydrogen-bond donors (Lipinski definition) is 1. The summed E-state index contributed by atoms with van der Waals surface area (Å²) >= 11 is 11.8. The maximum absolute atomic E-state index is 11.2. The fourth-order valence-electron chi connectivity index (χ4n) is 1.97. The molecule has 0 radical (unpaired) electrons. The van der Waals surface area contributed by atoms with Crippen molar-refractivity contribution in [3.05, 3.63) is 45.9 Å². The zero-order valence-electron chi connectivity index (χ0n) is 13.8. The van der Waals surface area contributed by atoms with Crippen molar-refractivity contribution >= 4 is 41.1 Å². The maximum Gasteiger partial charge on any atom is 0.308 e. The first kappa shape index (κ1) is 18.9. The van der Waals surface area contributed by atoms with Crippen LogP contribution in [0, 0.1) is 0 Å². The summed E-state index contributed by atoms with van der Waals surface area (Å²) in [5, 5.41) is 5.02. The minimum absolute atomic E-state index is 0.215. The predicted octanol–water partition coefficient (Wildman–Crippen LogP) is 4.38. The monoisotopic (exact) mass is 382 g/mol. The van der Waals surface area contributed by atoms with Crippen molar-refractivity contribution in [2.75, 3.05) is 19.6 Å². The number of carbonyl (C=O) groups is 1. The molecular weight excluding hydrogens is 367 g/mol. The van der Waals surface area contributed by atoms with Gasteiger partial charge in [-0.05, 0) is 30.3 Å². The highest BCUT2D eigenvalue weighted by Gasteiger charge is 2.15. The van der Waals surface area contributed by atoms with Crippen LogP contribution < -0.4 is 19.6 Å². The zero-order valence-corrected chi connectivity index (χ0v) is 15.3. The molecule has 0 amide bonds. The molecule has 0 saturated heterocycles. The third-order valence-electron chi connectivity index (χ3n) is 3.06. The SMILES string of the molecule is COc1cc(/C=N\Nc2ccc(Cl)c(Cl)c2)cc(OC)c1OC(C)=O. The summed E-state index contributed by atoms with van der Waals surface area (Å²) in [7, 11) is 2.94. The van der Waals surface area contributed by atoms with Gasteiger partial charge in [0.2, 0.25) is 5.75 Å². The Kier molecular flexibility index (Phi) is 6.50. The summed E-state index contributed by atoms with van der Waals surface area (Å²) in [6.45, 7) is 1.30. The quantitative estimate of drug-likeness (QED) is 0.347. The molecule has 0 fully saturated rings. The van der Waals surface area contributed by atoms with Crippen LogP contribution in [0.4, 0.5) is 5.69 Å². The van der Waals surface area contributed by atoms with E-state index in [1.54, 1.807) is 36.5 Å². The molecule has 0 unspecified atom stereocenters. The normalized spacial score (nSPS) is 10.6. The Bertz CT molecular complexity index is 784. The molecule has 0 atom stereocenters. The molecule has 2 rings (SSSR count). The van der Waals surface area contributed by atoms with Crippen molar-refractivity contribution in [1.82, 2.24) is 0 Å². The van der Waals surface area contributed by atoms with E-state index < -0.39 is 5.97 Å². The number of esters is 1. The van der Waals surface area contributed by atoms with E-state index in [-0.39, 0.29) is 5.75 Å². The fraction of sp³-hybridized carbons (Fsp3) is 0.176. The maximum atomic E-state index is 11.2. The number of hydrogen-bond acceptors (Lipinski definition) is 6. The average molecular weight is 383 g/mol. The smallest absolute Gasteiger partial charge is 0.308 e. The Balaban J connectivity index is 2.23. The first-order valence-electron chi connectivity index (χ1n) is 7.13. The van der Waals surface area contributed by atoms with E-state index in [2.05, 4.69) is 10.5 Å². The van der Waals surface area contributed by atoms with Gasteiger partial charge >= 0.3 is 5.97 Å². The highest BCUT2D eigenvalue weighted by molar-refractivity contribution is 6.42. The van der Waals surface area contributed by atoms with E-state index in [1.165, 1.54) is 21.1 Å². The molecule has 0 aliphatic carbocycles. The van der Waals surface area contributed by atoms with Crippen LogP contribution in [0.25, 0.3) is 0 Å². The summed E-state index contributed by atoms with van der Waals surface area (Å²) in [5.74, 6) is 0.447. The average Bonchev–Trinajstić information content (AvgIpc) is 2.58. The number of halogens is 2. The van der Waals surface area contributed by atoms with Crippen molar-refractivity contribution < 1.29 is 19.0 Å². The molecule has 2 aromatic rings. The Labute approximate surface area is 155 Å². The highest BCUT2D eigenvalue weighted by atomic mass is 35.5. The van der Waals surface area contributed by atoms with Gasteiger partial charge in [-0.15, -0.1) is 0 Å². The molecule has 132 valence electrons. The van der Waals surface area contributed by atoms with Crippen LogP contribution in [0.1, 0.15) is 12.5 Å². The first-order chi connectivity index (χ1) is 11.9. The van der Waals surface area contributed by atoms with Crippen LogP contribution in [0.2, 0.25) is 10.0 Å². The molecular formula is C17H16Cl2N2O4. The highest BCUT2D eigenvalue weighted by Crippen LogP contribution is 2.38. The molecule has 6 nitrogen and oxygen atoms in total. The summed E-state index contributed by atoms with van der Waals surface area (Å²) in [6.07, 6.45) is 1.56. The van der Waals surface area contributed by atoms with Gasteiger partial charge in [0.15, 0.2) is 11.5 Å². The van der Waals surface area contributed by atoms with E-state index in [9.17, 15) is 4.79 Å². The van der Waals surface area contributed by atoms with Crippen LogP contribution in [-0.4, -0.2) is 26.4 Å². The van der Waals surface area contributed by atoms with Gasteiger partial charge < -0.3 is 14.2 Å². The van der Waals surface area contributed by atoms with E-state index >= 15 is 0 Å². The van der Waals surface area contributed by atoms with Gasteiger partial charge in [0.05, 0.1) is 36.2 Å². The van der Waals surface area contributed by atoms with Crippen LogP contribution in [-0.2, 0) is 4.79 Å². The Hall–Kier alpha value is -2.44. The molecule has 0 bridgehead atoms. The van der Waals surface area contributed by atoms with Gasteiger partial charge in [0.25, 0.3) is 0 Å². The summed E-state index contributed by atoms with van der Waals surface area (Å²) in [6, 6.07) is 8.41. The molecule has 0 aliphatic heterocycles. The zero-order chi connectivity index (χ0) is 18.4. The minimum Gasteiger partial charge on any atom is -0.493 e. The Morgan fingerprint density at radius 2 is 1.72 bits per heavy atom. The molecule has 0 spiro atoms. The third-order valence-corrected chi connectivity index (χ3v) is 3.79. The van der Waals surface area contributed by atoms with Crippen molar-refractivity contribution in [3.63, 3.8) is 0 Å². The van der Waals surface area contributed by atoms with Gasteiger partial charge in [-0.25, -0.2) is 0 Å². The third kappa shape index (κ3) is 5.01. The molecule has 0 heterocycles. The van der Waals surface area contributed by atoms with Gasteiger partial charge in [-0.2, -0.15) is 5.10 Å². The second-order valence-electron chi connectivity index (χ2n) is 4.85. The Morgan fingerprint density at radius 1 is 1.08 bits per heavy atom. The summed E-state index contributed by atoms with van der Waals surface area (Å²) in [5.41, 5.74) is 4.20. The van der Waals surface area contributed by atoms with E-state index in [0.29, 0.717) is 32.8 Å². The largest absolute Gasteiger partial charge is 0.493 e. The first-order valence-corrected chi connectivity index (χ1v) is 7.88. The lowest BCUT2D eigenvalue weighted by molar-refractivity contribution is -0.132. The number of rotatable bonds is 6. The van der Waals surface area contributed by atoms with Crippen LogP contribution in [0.3, 0.4) is 0 Å². The topological polar surface area (TPSA) is 69.2 Å². The lowest BCUT2D eigenvalue weighted by Gasteiger charge is -2.13. The van der Waals surface area contributed by atoms with Crippen molar-refractivity contribution in [3.8, 4) is 17.2 Å². The fourth-order valence-corrected chi connectivity index (χ4v) is 2.26. The van der Waals surface area contributed by atoms with Crippen LogP contribution in [0.5, 0.6) is 17.2 Å². The molecule has 0 saturated carbocycles. The molecule has 2 aromatic carbocycles. The van der Waals surface area contributed by atoms with Gasteiger partial charge in [0, 0.05) is 12.5 Å². The predicted molar refractivity (Wildman–Crippen MR) is 98.5 cm³/mol. The molecule has 1 N–H and O–H groups in total. The van der Waals surface area contributed by atoms with Crippen LogP contribution in [0.15, 0.2) is 35.4 Å². The van der Waals surface area contributed by atoms with Gasteiger partial charge in [-0.3, -0.25) is 10.2 Å². The lowest BCUT2D eigenvalue weighted by Crippen LogP contribution is -2.05. The number of nitrogens with zero attached hydrogens (tertiary/aromatic N) is 1. The number of anilines is 1. The number of ether oxygens (including phenoxy) is 3. The molecule has 25 heavy (non-hydrogen) atoms. The second-order valence-corrected chi connectivity index (χ2v) is 5.66. The van der Waals surface area contributed by atoms with Crippen LogP contribution >= 0.6 is 23.2 Å². The summed E-state index contributed by atoms with van der Waals surface area (Å²) in [4.78, 5) is 11.2. The van der Waals surface area contributed by atoms with Crippen molar-refractivity contribution in [2.24, 2.45) is 5.10 Å². The number of methoxy groups -OCH3 is 2. The number of hydrazone groups is 1. The standard InChI is InChI=1S/C17H16Cl2N2O4/c1-10(22)25-17-15(23-2)6-11(7-16(17)24-3)9-20-21-12-4-5-13(18)14(19)8-12/h4-9,21H,1-3H3/b20-9-. The summed E-state index contributed by atoms with van der Waals surface area (Å²) < 4.78 is 15.6. The molecule has 0 aromatic heterocycles.